The summed E-state index contributed by atoms with van der Waals surface area (Å²) in [6, 6.07) is 0.653. The van der Waals surface area contributed by atoms with Crippen LogP contribution in [0.25, 0.3) is 4.96 Å². The lowest BCUT2D eigenvalue weighted by Crippen LogP contribution is -2.49. The Kier molecular flexibility index (Phi) is 3.96. The molecule has 3 rings (SSSR count). The molecule has 0 bridgehead atoms. The fourth-order valence-corrected chi connectivity index (χ4v) is 3.58. The predicted molar refractivity (Wildman–Crippen MR) is 82.5 cm³/mol. The van der Waals surface area contributed by atoms with Crippen LogP contribution in [0.15, 0.2) is 11.6 Å². The maximum absolute atomic E-state index is 9.64. The molecule has 2 aromatic rings. The first-order valence-corrected chi connectivity index (χ1v) is 8.16. The van der Waals surface area contributed by atoms with Crippen LogP contribution < -0.4 is 4.90 Å². The number of imidazole rings is 1. The molecule has 1 fully saturated rings. The van der Waals surface area contributed by atoms with Crippen LogP contribution in [0.1, 0.15) is 26.0 Å². The molecule has 5 nitrogen and oxygen atoms in total. The minimum absolute atomic E-state index is 0.0405. The van der Waals surface area contributed by atoms with Crippen LogP contribution in [0.5, 0.6) is 0 Å². The van der Waals surface area contributed by atoms with E-state index in [4.69, 9.17) is 0 Å². The molecule has 0 amide bonds. The number of rotatable bonds is 4. The van der Waals surface area contributed by atoms with Crippen LogP contribution in [0.3, 0.4) is 0 Å². The van der Waals surface area contributed by atoms with Gasteiger partial charge in [0.15, 0.2) is 10.8 Å². The molecule has 2 aromatic heterocycles. The normalized spacial score (nSPS) is 18.9. The van der Waals surface area contributed by atoms with Crippen LogP contribution in [-0.4, -0.2) is 51.6 Å². The van der Waals surface area contributed by atoms with Gasteiger partial charge in [-0.1, -0.05) is 6.92 Å². The average Bonchev–Trinajstić information content (AvgIpc) is 3.06. The first-order chi connectivity index (χ1) is 9.74. The summed E-state index contributed by atoms with van der Waals surface area (Å²) >= 11 is 1.61. The Balaban J connectivity index is 1.78. The summed E-state index contributed by atoms with van der Waals surface area (Å²) in [5.74, 6) is 0.961. The van der Waals surface area contributed by atoms with E-state index in [-0.39, 0.29) is 6.61 Å². The molecule has 1 aliphatic heterocycles. The van der Waals surface area contributed by atoms with Gasteiger partial charge in [-0.15, -0.1) is 11.3 Å². The number of nitrogens with zero attached hydrogens (tertiary/aromatic N) is 4. The van der Waals surface area contributed by atoms with Crippen molar-refractivity contribution in [2.24, 2.45) is 0 Å². The number of hydrogen-bond acceptors (Lipinski definition) is 5. The lowest BCUT2D eigenvalue weighted by molar-refractivity contribution is 0.192. The van der Waals surface area contributed by atoms with Gasteiger partial charge in [-0.2, -0.15) is 0 Å². The third-order valence-corrected chi connectivity index (χ3v) is 5.07. The van der Waals surface area contributed by atoms with E-state index in [9.17, 15) is 5.11 Å². The number of aliphatic hydroxyl groups excluding tert-OH is 1. The molecule has 0 saturated carbocycles. The summed E-state index contributed by atoms with van der Waals surface area (Å²) in [5.41, 5.74) is 0.915. The van der Waals surface area contributed by atoms with Gasteiger partial charge in [-0.25, -0.2) is 4.98 Å². The van der Waals surface area contributed by atoms with Gasteiger partial charge < -0.3 is 10.0 Å². The van der Waals surface area contributed by atoms with Gasteiger partial charge in [-0.3, -0.25) is 9.30 Å². The van der Waals surface area contributed by atoms with Gasteiger partial charge in [0.2, 0.25) is 0 Å². The monoisotopic (exact) mass is 294 g/mol. The zero-order chi connectivity index (χ0) is 14.1. The number of hydrogen-bond donors (Lipinski definition) is 1. The number of thiazole rings is 1. The van der Waals surface area contributed by atoms with Crippen LogP contribution in [0.4, 0.5) is 5.82 Å². The summed E-state index contributed by atoms with van der Waals surface area (Å²) in [4.78, 5) is 10.5. The molecule has 0 spiro atoms. The van der Waals surface area contributed by atoms with Crippen LogP contribution in [-0.2, 0) is 6.61 Å². The van der Waals surface area contributed by atoms with Crippen molar-refractivity contribution in [3.05, 3.63) is 17.3 Å². The number of aliphatic hydroxyl groups is 1. The molecule has 110 valence electrons. The van der Waals surface area contributed by atoms with Crippen molar-refractivity contribution in [1.82, 2.24) is 14.3 Å². The molecule has 1 aliphatic rings. The van der Waals surface area contributed by atoms with E-state index in [0.717, 1.165) is 42.7 Å². The fourth-order valence-electron chi connectivity index (χ4n) is 2.85. The Morgan fingerprint density at radius 1 is 1.35 bits per heavy atom. The van der Waals surface area contributed by atoms with E-state index in [1.165, 1.54) is 6.42 Å². The van der Waals surface area contributed by atoms with E-state index >= 15 is 0 Å². The first kappa shape index (κ1) is 13.9. The Morgan fingerprint density at radius 3 is 2.75 bits per heavy atom. The summed E-state index contributed by atoms with van der Waals surface area (Å²) < 4.78 is 2.00. The number of fused-ring (bicyclic) bond motifs is 1. The zero-order valence-electron chi connectivity index (χ0n) is 12.1. The second kappa shape index (κ2) is 5.71. The van der Waals surface area contributed by atoms with Crippen molar-refractivity contribution >= 4 is 22.1 Å². The lowest BCUT2D eigenvalue weighted by atomic mass is 10.2. The van der Waals surface area contributed by atoms with Gasteiger partial charge in [0.05, 0.1) is 12.3 Å². The Morgan fingerprint density at radius 2 is 2.10 bits per heavy atom. The number of anilines is 1. The third kappa shape index (κ3) is 2.32. The van der Waals surface area contributed by atoms with Gasteiger partial charge in [0.1, 0.15) is 0 Å². The van der Waals surface area contributed by atoms with Gasteiger partial charge in [-0.05, 0) is 13.3 Å². The molecule has 3 heterocycles. The molecule has 0 aromatic carbocycles. The highest BCUT2D eigenvalue weighted by Crippen LogP contribution is 2.26. The van der Waals surface area contributed by atoms with Crippen molar-refractivity contribution in [3.63, 3.8) is 0 Å². The van der Waals surface area contributed by atoms with Crippen LogP contribution >= 0.6 is 11.3 Å². The Bertz CT molecular complexity index is 571. The zero-order valence-corrected chi connectivity index (χ0v) is 12.9. The first-order valence-electron chi connectivity index (χ1n) is 7.28. The molecule has 1 N–H and O–H groups in total. The second-order valence-electron chi connectivity index (χ2n) is 5.38. The molecule has 0 aliphatic carbocycles. The standard InChI is InChI=1S/C14H22N4OS/c1-3-11(2)16-4-6-17(7-5-16)13-12(10-19)18-8-9-20-14(18)15-13/h8-9,11,19H,3-7,10H2,1-2H3. The van der Waals surface area contributed by atoms with Crippen molar-refractivity contribution in [1.29, 1.82) is 0 Å². The third-order valence-electron chi connectivity index (χ3n) is 4.32. The van der Waals surface area contributed by atoms with Crippen molar-refractivity contribution < 1.29 is 5.11 Å². The Hall–Kier alpha value is -1.11. The van der Waals surface area contributed by atoms with Gasteiger partial charge >= 0.3 is 0 Å². The van der Waals surface area contributed by atoms with Crippen molar-refractivity contribution in [2.75, 3.05) is 31.1 Å². The summed E-state index contributed by atoms with van der Waals surface area (Å²) in [7, 11) is 0. The highest BCUT2D eigenvalue weighted by molar-refractivity contribution is 7.15. The largest absolute Gasteiger partial charge is 0.390 e. The molecule has 0 radical (unpaired) electrons. The topological polar surface area (TPSA) is 44.0 Å². The van der Waals surface area contributed by atoms with E-state index in [2.05, 4.69) is 28.6 Å². The van der Waals surface area contributed by atoms with E-state index in [1.807, 2.05) is 16.0 Å². The van der Waals surface area contributed by atoms with E-state index < -0.39 is 0 Å². The minimum atomic E-state index is 0.0405. The average molecular weight is 294 g/mol. The van der Waals surface area contributed by atoms with Crippen LogP contribution in [0.2, 0.25) is 0 Å². The molecule has 20 heavy (non-hydrogen) atoms. The summed E-state index contributed by atoms with van der Waals surface area (Å²) in [5, 5.41) is 11.6. The second-order valence-corrected chi connectivity index (χ2v) is 6.25. The summed E-state index contributed by atoms with van der Waals surface area (Å²) in [6.07, 6.45) is 3.18. The van der Waals surface area contributed by atoms with Crippen LogP contribution in [0, 0.1) is 0 Å². The summed E-state index contributed by atoms with van der Waals surface area (Å²) in [6.45, 7) is 8.70. The maximum Gasteiger partial charge on any atom is 0.195 e. The molecule has 1 saturated heterocycles. The quantitative estimate of drug-likeness (QED) is 0.934. The molecule has 1 atom stereocenters. The van der Waals surface area contributed by atoms with Crippen molar-refractivity contribution in [3.8, 4) is 0 Å². The highest BCUT2D eigenvalue weighted by atomic mass is 32.1. The number of aromatic nitrogens is 2. The van der Waals surface area contributed by atoms with Gasteiger partial charge in [0, 0.05) is 43.8 Å². The predicted octanol–water partition coefficient (Wildman–Crippen LogP) is 1.81. The Labute approximate surface area is 123 Å². The highest BCUT2D eigenvalue weighted by Gasteiger charge is 2.24. The molecule has 6 heteroatoms. The number of piperazine rings is 1. The molecule has 1 unspecified atom stereocenters. The van der Waals surface area contributed by atoms with E-state index in [1.54, 1.807) is 11.3 Å². The smallest absolute Gasteiger partial charge is 0.195 e. The minimum Gasteiger partial charge on any atom is -0.390 e. The fraction of sp³-hybridized carbons (Fsp3) is 0.643. The maximum atomic E-state index is 9.64. The van der Waals surface area contributed by atoms with Crippen molar-refractivity contribution in [2.45, 2.75) is 32.9 Å². The van der Waals surface area contributed by atoms with E-state index in [0.29, 0.717) is 6.04 Å². The van der Waals surface area contributed by atoms with Gasteiger partial charge in [0.25, 0.3) is 0 Å². The SMILES string of the molecule is CCC(C)N1CCN(c2nc3sccn3c2CO)CC1. The lowest BCUT2D eigenvalue weighted by Gasteiger charge is -2.38. The molecular formula is C14H22N4OS. The molecular weight excluding hydrogens is 272 g/mol.